The van der Waals surface area contributed by atoms with Crippen LogP contribution in [0.4, 0.5) is 5.82 Å². The van der Waals surface area contributed by atoms with Gasteiger partial charge in [-0.2, -0.15) is 5.26 Å². The summed E-state index contributed by atoms with van der Waals surface area (Å²) >= 11 is 0. The van der Waals surface area contributed by atoms with Crippen LogP contribution in [0, 0.1) is 18.3 Å². The highest BCUT2D eigenvalue weighted by Gasteiger charge is 1.98. The van der Waals surface area contributed by atoms with Crippen LogP contribution in [-0.4, -0.2) is 4.98 Å². The number of nitriles is 1. The highest BCUT2D eigenvalue weighted by Crippen LogP contribution is 2.10. The number of hydrogen-bond acceptors (Lipinski definition) is 3. The first-order valence-electron chi connectivity index (χ1n) is 4.02. The lowest BCUT2D eigenvalue weighted by Crippen LogP contribution is -1.93. The zero-order valence-electron chi connectivity index (χ0n) is 7.70. The van der Waals surface area contributed by atoms with E-state index in [2.05, 4.69) is 16.4 Å². The van der Waals surface area contributed by atoms with E-state index in [9.17, 15) is 0 Å². The molecule has 1 aromatic rings. The van der Waals surface area contributed by atoms with E-state index < -0.39 is 0 Å². The second-order valence-corrected chi connectivity index (χ2v) is 2.64. The number of anilines is 1. The molecule has 0 aliphatic rings. The number of pyridine rings is 1. The number of aromatic nitrogens is 1. The molecule has 1 heterocycles. The van der Waals surface area contributed by atoms with E-state index in [0.717, 1.165) is 11.4 Å². The number of nitrogens with zero attached hydrogens (tertiary/aromatic N) is 2. The molecule has 0 radical (unpaired) electrons. The Bertz CT molecular complexity index is 361. The highest BCUT2D eigenvalue weighted by molar-refractivity contribution is 5.46. The Labute approximate surface area is 77.7 Å². The van der Waals surface area contributed by atoms with Crippen LogP contribution in [0.2, 0.25) is 0 Å². The average molecular weight is 173 g/mol. The molecule has 0 aliphatic carbocycles. The Kier molecular flexibility index (Phi) is 3.04. The minimum atomic E-state index is 0.617. The maximum Gasteiger partial charge on any atom is 0.130 e. The van der Waals surface area contributed by atoms with Gasteiger partial charge in [-0.15, -0.1) is 0 Å². The molecule has 0 atom stereocenters. The number of nitrogens with one attached hydrogen (secondary N) is 1. The molecule has 13 heavy (non-hydrogen) atoms. The van der Waals surface area contributed by atoms with Crippen LogP contribution >= 0.6 is 0 Å². The van der Waals surface area contributed by atoms with Crippen molar-refractivity contribution in [3.05, 3.63) is 35.7 Å². The van der Waals surface area contributed by atoms with E-state index in [0.29, 0.717) is 5.56 Å². The Morgan fingerprint density at radius 1 is 1.62 bits per heavy atom. The largest absolute Gasteiger partial charge is 0.347 e. The summed E-state index contributed by atoms with van der Waals surface area (Å²) in [4.78, 5) is 4.06. The lowest BCUT2D eigenvalue weighted by Gasteiger charge is -2.01. The van der Waals surface area contributed by atoms with E-state index in [-0.39, 0.29) is 0 Å². The molecule has 0 unspecified atom stereocenters. The van der Waals surface area contributed by atoms with Gasteiger partial charge < -0.3 is 5.32 Å². The smallest absolute Gasteiger partial charge is 0.130 e. The summed E-state index contributed by atoms with van der Waals surface area (Å²) in [6.07, 6.45) is 5.25. The van der Waals surface area contributed by atoms with E-state index in [1.807, 2.05) is 26.0 Å². The second kappa shape index (κ2) is 4.27. The summed E-state index contributed by atoms with van der Waals surface area (Å²) in [7, 11) is 0. The molecule has 1 N–H and O–H groups in total. The molecule has 0 aromatic carbocycles. The summed E-state index contributed by atoms with van der Waals surface area (Å²) in [5.41, 5.74) is 1.55. The van der Waals surface area contributed by atoms with Gasteiger partial charge in [0.05, 0.1) is 5.56 Å². The minimum Gasteiger partial charge on any atom is -0.347 e. The molecule has 0 fully saturated rings. The first-order valence-corrected chi connectivity index (χ1v) is 4.02. The molecule has 0 aliphatic heterocycles. The first kappa shape index (κ1) is 9.27. The van der Waals surface area contributed by atoms with Crippen LogP contribution in [0.25, 0.3) is 0 Å². The highest BCUT2D eigenvalue weighted by atomic mass is 15.0. The molecule has 1 aromatic heterocycles. The van der Waals surface area contributed by atoms with Crippen molar-refractivity contribution in [2.24, 2.45) is 0 Å². The topological polar surface area (TPSA) is 48.7 Å². The van der Waals surface area contributed by atoms with Gasteiger partial charge in [-0.3, -0.25) is 0 Å². The summed E-state index contributed by atoms with van der Waals surface area (Å²) in [5.74, 6) is 0.759. The van der Waals surface area contributed by atoms with Crippen molar-refractivity contribution in [2.45, 2.75) is 13.8 Å². The van der Waals surface area contributed by atoms with Crippen molar-refractivity contribution in [1.29, 1.82) is 5.26 Å². The van der Waals surface area contributed by atoms with Crippen LogP contribution in [0.15, 0.2) is 24.5 Å². The molecule has 1 rings (SSSR count). The summed E-state index contributed by atoms with van der Waals surface area (Å²) in [6, 6.07) is 3.92. The third-order valence-corrected chi connectivity index (χ3v) is 1.63. The van der Waals surface area contributed by atoms with Crippen molar-refractivity contribution in [3.63, 3.8) is 0 Å². The SMILES string of the molecule is C/C=C/Nc1cc(C)c(C#N)cn1. The maximum absolute atomic E-state index is 8.66. The number of hydrogen-bond donors (Lipinski definition) is 1. The fraction of sp³-hybridized carbons (Fsp3) is 0.200. The van der Waals surface area contributed by atoms with Gasteiger partial charge in [0, 0.05) is 6.20 Å². The van der Waals surface area contributed by atoms with Crippen LogP contribution in [0.5, 0.6) is 0 Å². The third-order valence-electron chi connectivity index (χ3n) is 1.63. The quantitative estimate of drug-likeness (QED) is 0.745. The Hall–Kier alpha value is -1.82. The van der Waals surface area contributed by atoms with Gasteiger partial charge in [-0.25, -0.2) is 4.98 Å². The lowest BCUT2D eigenvalue weighted by molar-refractivity contribution is 1.24. The molecular formula is C10H11N3. The van der Waals surface area contributed by atoms with Crippen molar-refractivity contribution >= 4 is 5.82 Å². The zero-order valence-corrected chi connectivity index (χ0v) is 7.70. The van der Waals surface area contributed by atoms with E-state index >= 15 is 0 Å². The van der Waals surface area contributed by atoms with Gasteiger partial charge in [0.25, 0.3) is 0 Å². The molecule has 3 heteroatoms. The Morgan fingerprint density at radius 3 is 2.92 bits per heavy atom. The molecule has 0 spiro atoms. The van der Waals surface area contributed by atoms with E-state index in [4.69, 9.17) is 5.26 Å². The molecule has 3 nitrogen and oxygen atoms in total. The van der Waals surface area contributed by atoms with Crippen molar-refractivity contribution in [3.8, 4) is 6.07 Å². The predicted octanol–water partition coefficient (Wildman–Crippen LogP) is 2.21. The molecule has 0 saturated carbocycles. The fourth-order valence-electron chi connectivity index (χ4n) is 0.921. The van der Waals surface area contributed by atoms with Crippen molar-refractivity contribution in [2.75, 3.05) is 5.32 Å². The monoisotopic (exact) mass is 173 g/mol. The van der Waals surface area contributed by atoms with Gasteiger partial charge in [0.15, 0.2) is 0 Å². The fourth-order valence-corrected chi connectivity index (χ4v) is 0.921. The van der Waals surface area contributed by atoms with Crippen molar-refractivity contribution in [1.82, 2.24) is 4.98 Å². The third kappa shape index (κ3) is 2.31. The minimum absolute atomic E-state index is 0.617. The second-order valence-electron chi connectivity index (χ2n) is 2.64. The van der Waals surface area contributed by atoms with Crippen LogP contribution in [-0.2, 0) is 0 Å². The normalized spacial score (nSPS) is 9.92. The number of allylic oxidation sites excluding steroid dienone is 1. The van der Waals surface area contributed by atoms with Crippen LogP contribution in [0.1, 0.15) is 18.1 Å². The van der Waals surface area contributed by atoms with Gasteiger partial charge in [0.2, 0.25) is 0 Å². The summed E-state index contributed by atoms with van der Waals surface area (Å²) in [6.45, 7) is 3.81. The summed E-state index contributed by atoms with van der Waals surface area (Å²) < 4.78 is 0. The average Bonchev–Trinajstić information content (AvgIpc) is 2.15. The first-order chi connectivity index (χ1) is 6.27. The van der Waals surface area contributed by atoms with Crippen LogP contribution in [0.3, 0.4) is 0 Å². The molecule has 66 valence electrons. The predicted molar refractivity (Wildman–Crippen MR) is 52.1 cm³/mol. The Balaban J connectivity index is 2.91. The van der Waals surface area contributed by atoms with Gasteiger partial charge in [-0.1, -0.05) is 6.08 Å². The molecule has 0 bridgehead atoms. The summed E-state index contributed by atoms with van der Waals surface area (Å²) in [5, 5.41) is 11.6. The van der Waals surface area contributed by atoms with E-state index in [1.165, 1.54) is 0 Å². The Morgan fingerprint density at radius 2 is 2.38 bits per heavy atom. The number of rotatable bonds is 2. The molecule has 0 saturated heterocycles. The number of aryl methyl sites for hydroxylation is 1. The van der Waals surface area contributed by atoms with Gasteiger partial charge in [-0.05, 0) is 31.7 Å². The van der Waals surface area contributed by atoms with Crippen molar-refractivity contribution < 1.29 is 0 Å². The van der Waals surface area contributed by atoms with E-state index in [1.54, 1.807) is 12.4 Å². The van der Waals surface area contributed by atoms with Gasteiger partial charge in [0.1, 0.15) is 11.9 Å². The standard InChI is InChI=1S/C10H11N3/c1-3-4-12-10-5-8(2)9(6-11)7-13-10/h3-5,7H,1-2H3,(H,12,13)/b4-3+. The molecular weight excluding hydrogens is 162 g/mol. The molecule has 0 amide bonds. The van der Waals surface area contributed by atoms with Crippen LogP contribution < -0.4 is 5.32 Å². The lowest BCUT2D eigenvalue weighted by atomic mass is 10.2. The maximum atomic E-state index is 8.66. The van der Waals surface area contributed by atoms with Gasteiger partial charge >= 0.3 is 0 Å². The zero-order chi connectivity index (χ0) is 9.68.